The minimum atomic E-state index is 0.661. The van der Waals surface area contributed by atoms with Crippen LogP contribution in [0.4, 0.5) is 0 Å². The summed E-state index contributed by atoms with van der Waals surface area (Å²) in [4.78, 5) is 7.31. The lowest BCUT2D eigenvalue weighted by Crippen LogP contribution is -2.27. The zero-order chi connectivity index (χ0) is 12.3. The van der Waals surface area contributed by atoms with Crippen LogP contribution in [0.15, 0.2) is 5.38 Å². The third-order valence-electron chi connectivity index (χ3n) is 3.51. The van der Waals surface area contributed by atoms with Crippen molar-refractivity contribution in [3.05, 3.63) is 16.1 Å². The van der Waals surface area contributed by atoms with E-state index in [1.165, 1.54) is 30.2 Å². The highest BCUT2D eigenvalue weighted by Crippen LogP contribution is 2.30. The smallest absolute Gasteiger partial charge is 0.0972 e. The lowest BCUT2D eigenvalue weighted by Gasteiger charge is -2.19. The predicted molar refractivity (Wildman–Crippen MR) is 73.6 cm³/mol. The summed E-state index contributed by atoms with van der Waals surface area (Å²) in [6.45, 7) is 7.72. The molecule has 4 heteroatoms. The summed E-state index contributed by atoms with van der Waals surface area (Å²) in [6.07, 6.45) is 3.35. The Balaban J connectivity index is 1.92. The fourth-order valence-electron chi connectivity index (χ4n) is 2.37. The highest BCUT2D eigenvalue weighted by atomic mass is 32.1. The molecule has 0 amide bonds. The molecule has 2 rings (SSSR count). The van der Waals surface area contributed by atoms with Crippen LogP contribution in [0.25, 0.3) is 0 Å². The monoisotopic (exact) mass is 253 g/mol. The van der Waals surface area contributed by atoms with Gasteiger partial charge >= 0.3 is 0 Å². The number of nitrogens with two attached hydrogens (primary N) is 1. The molecule has 1 aromatic heterocycles. The van der Waals surface area contributed by atoms with Crippen molar-refractivity contribution in [1.82, 2.24) is 9.88 Å². The van der Waals surface area contributed by atoms with Gasteiger partial charge in [-0.15, -0.1) is 11.3 Å². The van der Waals surface area contributed by atoms with E-state index >= 15 is 0 Å². The van der Waals surface area contributed by atoms with Gasteiger partial charge in [0.1, 0.15) is 0 Å². The number of likely N-dealkylation sites (tertiary alicyclic amines) is 1. The first-order valence-corrected chi connectivity index (χ1v) is 7.47. The summed E-state index contributed by atoms with van der Waals surface area (Å²) in [5.41, 5.74) is 6.76. The zero-order valence-electron chi connectivity index (χ0n) is 10.9. The van der Waals surface area contributed by atoms with Crippen molar-refractivity contribution >= 4 is 11.3 Å². The quantitative estimate of drug-likeness (QED) is 0.875. The maximum absolute atomic E-state index is 5.53. The van der Waals surface area contributed by atoms with Gasteiger partial charge in [0.2, 0.25) is 0 Å². The second kappa shape index (κ2) is 5.94. The molecule has 1 saturated heterocycles. The van der Waals surface area contributed by atoms with Crippen LogP contribution >= 0.6 is 11.3 Å². The number of rotatable bonds is 5. The summed E-state index contributed by atoms with van der Waals surface area (Å²) in [5, 5.41) is 3.54. The summed E-state index contributed by atoms with van der Waals surface area (Å²) in [5.74, 6) is 0.661. The first kappa shape index (κ1) is 13.0. The molecule has 0 bridgehead atoms. The minimum Gasteiger partial charge on any atom is -0.330 e. The van der Waals surface area contributed by atoms with Gasteiger partial charge in [0.05, 0.1) is 10.7 Å². The number of thiazole rings is 1. The van der Waals surface area contributed by atoms with E-state index in [1.54, 1.807) is 0 Å². The molecule has 1 aromatic rings. The number of hydrogen-bond acceptors (Lipinski definition) is 4. The van der Waals surface area contributed by atoms with Gasteiger partial charge in [-0.3, -0.25) is 0 Å². The van der Waals surface area contributed by atoms with Gasteiger partial charge < -0.3 is 10.6 Å². The molecule has 96 valence electrons. The topological polar surface area (TPSA) is 42.2 Å². The van der Waals surface area contributed by atoms with Gasteiger partial charge in [0, 0.05) is 23.9 Å². The number of aromatic nitrogens is 1. The Morgan fingerprint density at radius 3 is 3.06 bits per heavy atom. The molecule has 1 atom stereocenters. The van der Waals surface area contributed by atoms with E-state index in [2.05, 4.69) is 24.1 Å². The third-order valence-corrected chi connectivity index (χ3v) is 4.56. The molecule has 0 spiro atoms. The van der Waals surface area contributed by atoms with Gasteiger partial charge in [-0.2, -0.15) is 0 Å². The number of aryl methyl sites for hydroxylation is 1. The van der Waals surface area contributed by atoms with Gasteiger partial charge in [0.15, 0.2) is 0 Å². The van der Waals surface area contributed by atoms with Crippen LogP contribution in [0.1, 0.15) is 43.3 Å². The Hall–Kier alpha value is -0.450. The molecule has 0 aliphatic carbocycles. The molecule has 1 aliphatic heterocycles. The third kappa shape index (κ3) is 3.27. The second-order valence-electron chi connectivity index (χ2n) is 5.14. The van der Waals surface area contributed by atoms with Crippen LogP contribution < -0.4 is 5.73 Å². The van der Waals surface area contributed by atoms with Gasteiger partial charge in [-0.25, -0.2) is 4.98 Å². The van der Waals surface area contributed by atoms with E-state index in [-0.39, 0.29) is 0 Å². The Labute approximate surface area is 108 Å². The van der Waals surface area contributed by atoms with Gasteiger partial charge in [-0.1, -0.05) is 0 Å². The van der Waals surface area contributed by atoms with E-state index < -0.39 is 0 Å². The SMILES string of the molecule is CC(C)N1CCC(c2nc(CCCN)cs2)C1. The van der Waals surface area contributed by atoms with Gasteiger partial charge in [-0.05, 0) is 46.2 Å². The molecule has 0 aromatic carbocycles. The maximum Gasteiger partial charge on any atom is 0.0972 e. The molecule has 0 radical (unpaired) electrons. The maximum atomic E-state index is 5.53. The van der Waals surface area contributed by atoms with Crippen LogP contribution in [0.3, 0.4) is 0 Å². The molecule has 1 aliphatic rings. The van der Waals surface area contributed by atoms with Crippen LogP contribution in [-0.4, -0.2) is 35.6 Å². The molecule has 2 heterocycles. The van der Waals surface area contributed by atoms with Crippen molar-refractivity contribution in [3.63, 3.8) is 0 Å². The van der Waals surface area contributed by atoms with E-state index in [1.807, 2.05) is 11.3 Å². The average molecular weight is 253 g/mol. The normalized spacial score (nSPS) is 21.5. The average Bonchev–Trinajstić information content (AvgIpc) is 2.94. The largest absolute Gasteiger partial charge is 0.330 e. The molecule has 2 N–H and O–H groups in total. The predicted octanol–water partition coefficient (Wildman–Crippen LogP) is 2.23. The van der Waals surface area contributed by atoms with Crippen LogP contribution in [0.5, 0.6) is 0 Å². The molecule has 1 fully saturated rings. The van der Waals surface area contributed by atoms with Crippen molar-refractivity contribution in [1.29, 1.82) is 0 Å². The minimum absolute atomic E-state index is 0.661. The first-order valence-electron chi connectivity index (χ1n) is 6.59. The van der Waals surface area contributed by atoms with Crippen LogP contribution in [0, 0.1) is 0 Å². The van der Waals surface area contributed by atoms with Crippen molar-refractivity contribution < 1.29 is 0 Å². The van der Waals surface area contributed by atoms with Crippen molar-refractivity contribution in [2.45, 2.75) is 45.1 Å². The Bertz CT molecular complexity index is 348. The lowest BCUT2D eigenvalue weighted by atomic mass is 10.1. The molecular formula is C13H23N3S. The van der Waals surface area contributed by atoms with Crippen molar-refractivity contribution in [3.8, 4) is 0 Å². The second-order valence-corrected chi connectivity index (χ2v) is 6.03. The Morgan fingerprint density at radius 1 is 1.59 bits per heavy atom. The molecule has 1 unspecified atom stereocenters. The van der Waals surface area contributed by atoms with E-state index in [0.717, 1.165) is 19.4 Å². The zero-order valence-corrected chi connectivity index (χ0v) is 11.7. The molecule has 3 nitrogen and oxygen atoms in total. The highest BCUT2D eigenvalue weighted by molar-refractivity contribution is 7.09. The summed E-state index contributed by atoms with van der Waals surface area (Å²) >= 11 is 1.83. The fourth-order valence-corrected chi connectivity index (χ4v) is 3.35. The standard InChI is InChI=1S/C13H23N3S/c1-10(2)16-7-5-11(8-16)13-15-12(9-17-13)4-3-6-14/h9-11H,3-8,14H2,1-2H3. The number of hydrogen-bond donors (Lipinski definition) is 1. The van der Waals surface area contributed by atoms with Crippen LogP contribution in [-0.2, 0) is 6.42 Å². The van der Waals surface area contributed by atoms with E-state index in [0.29, 0.717) is 12.0 Å². The van der Waals surface area contributed by atoms with Gasteiger partial charge in [0.25, 0.3) is 0 Å². The van der Waals surface area contributed by atoms with Crippen LogP contribution in [0.2, 0.25) is 0 Å². The summed E-state index contributed by atoms with van der Waals surface area (Å²) in [6, 6.07) is 0.664. The van der Waals surface area contributed by atoms with E-state index in [9.17, 15) is 0 Å². The lowest BCUT2D eigenvalue weighted by molar-refractivity contribution is 0.272. The summed E-state index contributed by atoms with van der Waals surface area (Å²) < 4.78 is 0. The Morgan fingerprint density at radius 2 is 2.41 bits per heavy atom. The first-order chi connectivity index (χ1) is 8.20. The molecule has 0 saturated carbocycles. The van der Waals surface area contributed by atoms with E-state index in [4.69, 9.17) is 10.7 Å². The number of nitrogens with zero attached hydrogens (tertiary/aromatic N) is 2. The highest BCUT2D eigenvalue weighted by Gasteiger charge is 2.27. The summed E-state index contributed by atoms with van der Waals surface area (Å²) in [7, 11) is 0. The molecule has 17 heavy (non-hydrogen) atoms. The van der Waals surface area contributed by atoms with Crippen molar-refractivity contribution in [2.75, 3.05) is 19.6 Å². The molecular weight excluding hydrogens is 230 g/mol. The Kier molecular flexibility index (Phi) is 4.54. The van der Waals surface area contributed by atoms with Crippen molar-refractivity contribution in [2.24, 2.45) is 5.73 Å². The fraction of sp³-hybridized carbons (Fsp3) is 0.769.